The van der Waals surface area contributed by atoms with E-state index < -0.39 is 5.82 Å². The van der Waals surface area contributed by atoms with E-state index in [1.165, 1.54) is 18.5 Å². The Morgan fingerprint density at radius 3 is 3.00 bits per heavy atom. The van der Waals surface area contributed by atoms with Crippen LogP contribution in [0.25, 0.3) is 11.0 Å². The zero-order valence-corrected chi connectivity index (χ0v) is 11.2. The zero-order chi connectivity index (χ0) is 13.4. The van der Waals surface area contributed by atoms with Crippen LogP contribution in [0.3, 0.4) is 0 Å². The standard InChI is InChI=1S/C12H8ClFN4S/c13-8-3-10-11(4-9(8)14)18(12(19)17-10)5-7-1-2-15-6-16-7/h1-4,6H,5H2,(H,17,19). The maximum atomic E-state index is 13.6. The SMILES string of the molecule is Fc1cc2c(cc1Cl)[nH]c(=S)n2Cc1ccncn1. The summed E-state index contributed by atoms with van der Waals surface area (Å²) >= 11 is 11.0. The van der Waals surface area contributed by atoms with Crippen molar-refractivity contribution in [2.24, 2.45) is 0 Å². The summed E-state index contributed by atoms with van der Waals surface area (Å²) in [5.74, 6) is -0.473. The van der Waals surface area contributed by atoms with Crippen LogP contribution in [-0.2, 0) is 6.54 Å². The maximum absolute atomic E-state index is 13.6. The fourth-order valence-corrected chi connectivity index (χ4v) is 2.32. The number of imidazole rings is 1. The molecule has 0 amide bonds. The van der Waals surface area contributed by atoms with Gasteiger partial charge in [0.05, 0.1) is 28.3 Å². The van der Waals surface area contributed by atoms with E-state index in [0.717, 1.165) is 5.69 Å². The predicted octanol–water partition coefficient (Wildman–Crippen LogP) is 3.33. The minimum atomic E-state index is -0.473. The third kappa shape index (κ3) is 2.24. The molecule has 0 aliphatic heterocycles. The second-order valence-electron chi connectivity index (χ2n) is 4.00. The normalized spacial score (nSPS) is 11.1. The van der Waals surface area contributed by atoms with Gasteiger partial charge in [0.15, 0.2) is 4.77 Å². The molecule has 0 unspecified atom stereocenters. The van der Waals surface area contributed by atoms with Gasteiger partial charge in [0.1, 0.15) is 12.1 Å². The number of rotatable bonds is 2. The van der Waals surface area contributed by atoms with Crippen molar-refractivity contribution in [2.45, 2.75) is 6.54 Å². The van der Waals surface area contributed by atoms with Gasteiger partial charge in [-0.1, -0.05) is 11.6 Å². The van der Waals surface area contributed by atoms with Crippen LogP contribution in [0.5, 0.6) is 0 Å². The third-order valence-corrected chi connectivity index (χ3v) is 3.39. The molecular weight excluding hydrogens is 287 g/mol. The molecule has 2 aromatic heterocycles. The Balaban J connectivity index is 2.16. The molecule has 0 saturated carbocycles. The van der Waals surface area contributed by atoms with Crippen LogP contribution >= 0.6 is 23.8 Å². The fraction of sp³-hybridized carbons (Fsp3) is 0.0833. The Hall–Kier alpha value is -1.79. The summed E-state index contributed by atoms with van der Waals surface area (Å²) in [4.78, 5) is 11.0. The number of hydrogen-bond acceptors (Lipinski definition) is 3. The first-order valence-corrected chi connectivity index (χ1v) is 6.26. The molecule has 1 N–H and O–H groups in total. The van der Waals surface area contributed by atoms with Gasteiger partial charge in [-0.05, 0) is 24.4 Å². The Bertz CT molecular complexity index is 797. The molecule has 19 heavy (non-hydrogen) atoms. The van der Waals surface area contributed by atoms with Crippen LogP contribution in [0.2, 0.25) is 5.02 Å². The average Bonchev–Trinajstić information content (AvgIpc) is 2.68. The van der Waals surface area contributed by atoms with Crippen molar-refractivity contribution < 1.29 is 4.39 Å². The van der Waals surface area contributed by atoms with E-state index in [9.17, 15) is 4.39 Å². The second-order valence-corrected chi connectivity index (χ2v) is 4.79. The van der Waals surface area contributed by atoms with E-state index in [0.29, 0.717) is 22.3 Å². The van der Waals surface area contributed by atoms with Gasteiger partial charge in [-0.25, -0.2) is 14.4 Å². The minimum absolute atomic E-state index is 0.0675. The molecule has 3 aromatic rings. The number of halogens is 2. The van der Waals surface area contributed by atoms with Gasteiger partial charge in [0.2, 0.25) is 0 Å². The smallest absolute Gasteiger partial charge is 0.178 e. The lowest BCUT2D eigenvalue weighted by Crippen LogP contribution is -2.02. The van der Waals surface area contributed by atoms with Crippen LogP contribution in [0.1, 0.15) is 5.69 Å². The molecular formula is C12H8ClFN4S. The third-order valence-electron chi connectivity index (χ3n) is 2.78. The van der Waals surface area contributed by atoms with E-state index in [-0.39, 0.29) is 5.02 Å². The molecule has 4 nitrogen and oxygen atoms in total. The van der Waals surface area contributed by atoms with Gasteiger partial charge >= 0.3 is 0 Å². The Morgan fingerprint density at radius 1 is 1.42 bits per heavy atom. The monoisotopic (exact) mass is 294 g/mol. The summed E-state index contributed by atoms with van der Waals surface area (Å²) < 4.78 is 15.8. The summed E-state index contributed by atoms with van der Waals surface area (Å²) in [6.07, 6.45) is 3.11. The van der Waals surface area contributed by atoms with Gasteiger partial charge in [0.25, 0.3) is 0 Å². The van der Waals surface area contributed by atoms with Crippen molar-refractivity contribution in [3.63, 3.8) is 0 Å². The van der Waals surface area contributed by atoms with Gasteiger partial charge in [-0.15, -0.1) is 0 Å². The molecule has 0 bridgehead atoms. The van der Waals surface area contributed by atoms with Crippen LogP contribution in [0, 0.1) is 10.6 Å². The van der Waals surface area contributed by atoms with Crippen molar-refractivity contribution in [1.29, 1.82) is 0 Å². The van der Waals surface area contributed by atoms with Crippen molar-refractivity contribution in [3.8, 4) is 0 Å². The summed E-state index contributed by atoms with van der Waals surface area (Å²) in [6, 6.07) is 4.68. The summed E-state index contributed by atoms with van der Waals surface area (Å²) in [6.45, 7) is 0.447. The molecule has 0 radical (unpaired) electrons. The van der Waals surface area contributed by atoms with Crippen molar-refractivity contribution in [1.82, 2.24) is 19.5 Å². The van der Waals surface area contributed by atoms with Crippen LogP contribution < -0.4 is 0 Å². The first-order valence-electron chi connectivity index (χ1n) is 5.47. The highest BCUT2D eigenvalue weighted by Gasteiger charge is 2.09. The van der Waals surface area contributed by atoms with Gasteiger partial charge < -0.3 is 9.55 Å². The molecule has 1 aromatic carbocycles. The number of aromatic nitrogens is 4. The molecule has 0 aliphatic rings. The van der Waals surface area contributed by atoms with E-state index in [1.54, 1.807) is 16.8 Å². The quantitative estimate of drug-likeness (QED) is 0.738. The first kappa shape index (κ1) is 12.3. The van der Waals surface area contributed by atoms with Crippen molar-refractivity contribution >= 4 is 34.9 Å². The molecule has 0 aliphatic carbocycles. The summed E-state index contributed by atoms with van der Waals surface area (Å²) in [5.41, 5.74) is 2.15. The van der Waals surface area contributed by atoms with Crippen molar-refractivity contribution in [3.05, 3.63) is 52.0 Å². The average molecular weight is 295 g/mol. The number of H-pyrrole nitrogens is 1. The van der Waals surface area contributed by atoms with E-state index in [2.05, 4.69) is 15.0 Å². The lowest BCUT2D eigenvalue weighted by molar-refractivity contribution is 0.628. The largest absolute Gasteiger partial charge is 0.331 e. The Kier molecular flexibility index (Phi) is 3.04. The van der Waals surface area contributed by atoms with Gasteiger partial charge in [-0.3, -0.25) is 0 Å². The van der Waals surface area contributed by atoms with Crippen LogP contribution in [0.4, 0.5) is 4.39 Å². The Morgan fingerprint density at radius 2 is 2.26 bits per heavy atom. The van der Waals surface area contributed by atoms with Crippen molar-refractivity contribution in [2.75, 3.05) is 0 Å². The van der Waals surface area contributed by atoms with E-state index in [1.807, 2.05) is 0 Å². The second kappa shape index (κ2) is 4.71. The molecule has 0 atom stereocenters. The van der Waals surface area contributed by atoms with Gasteiger partial charge in [-0.2, -0.15) is 0 Å². The zero-order valence-electron chi connectivity index (χ0n) is 9.60. The molecule has 7 heteroatoms. The molecule has 96 valence electrons. The number of hydrogen-bond donors (Lipinski definition) is 1. The molecule has 0 saturated heterocycles. The van der Waals surface area contributed by atoms with Crippen LogP contribution in [0.15, 0.2) is 30.7 Å². The number of nitrogens with zero attached hydrogens (tertiary/aromatic N) is 3. The summed E-state index contributed by atoms with van der Waals surface area (Å²) in [5, 5.41) is 0.0675. The lowest BCUT2D eigenvalue weighted by Gasteiger charge is -2.04. The van der Waals surface area contributed by atoms with E-state index >= 15 is 0 Å². The Labute approximate surface area is 117 Å². The molecule has 3 rings (SSSR count). The number of fused-ring (bicyclic) bond motifs is 1. The topological polar surface area (TPSA) is 46.5 Å². The first-order chi connectivity index (χ1) is 9.15. The highest BCUT2D eigenvalue weighted by Crippen LogP contribution is 2.23. The predicted molar refractivity (Wildman–Crippen MR) is 73.2 cm³/mol. The number of nitrogens with one attached hydrogen (secondary N) is 1. The fourth-order valence-electron chi connectivity index (χ4n) is 1.88. The summed E-state index contributed by atoms with van der Waals surface area (Å²) in [7, 11) is 0. The minimum Gasteiger partial charge on any atom is -0.331 e. The molecule has 0 spiro atoms. The number of benzene rings is 1. The highest BCUT2D eigenvalue weighted by molar-refractivity contribution is 7.71. The number of aromatic amines is 1. The van der Waals surface area contributed by atoms with Crippen LogP contribution in [-0.4, -0.2) is 19.5 Å². The van der Waals surface area contributed by atoms with E-state index in [4.69, 9.17) is 23.8 Å². The highest BCUT2D eigenvalue weighted by atomic mass is 35.5. The maximum Gasteiger partial charge on any atom is 0.178 e. The molecule has 0 fully saturated rings. The molecule has 2 heterocycles. The van der Waals surface area contributed by atoms with Gasteiger partial charge in [0, 0.05) is 12.3 Å². The lowest BCUT2D eigenvalue weighted by atomic mass is 10.3.